The van der Waals surface area contributed by atoms with E-state index in [1.807, 2.05) is 0 Å². The zero-order valence-corrected chi connectivity index (χ0v) is 9.44. The Morgan fingerprint density at radius 3 is 2.41 bits per heavy atom. The van der Waals surface area contributed by atoms with Gasteiger partial charge in [0.2, 0.25) is 0 Å². The van der Waals surface area contributed by atoms with Crippen LogP contribution in [-0.4, -0.2) is 10.2 Å². The predicted octanol–water partition coefficient (Wildman–Crippen LogP) is 2.73. The molecular formula is C13H14N2O2. The van der Waals surface area contributed by atoms with Gasteiger partial charge in [-0.05, 0) is 48.9 Å². The van der Waals surface area contributed by atoms with Gasteiger partial charge >= 0.3 is 0 Å². The largest absolute Gasteiger partial charge is 0.508 e. The highest BCUT2D eigenvalue weighted by Crippen LogP contribution is 2.30. The Morgan fingerprint density at radius 2 is 1.71 bits per heavy atom. The highest BCUT2D eigenvalue weighted by molar-refractivity contribution is 5.70. The van der Waals surface area contributed by atoms with Crippen molar-refractivity contribution < 1.29 is 10.2 Å². The number of nitrogens with one attached hydrogen (secondary N) is 1. The molecule has 0 fully saturated rings. The van der Waals surface area contributed by atoms with Crippen LogP contribution in [0, 0.1) is 6.92 Å². The van der Waals surface area contributed by atoms with Crippen LogP contribution in [-0.2, 0) is 0 Å². The Bertz CT molecular complexity index is 553. The minimum absolute atomic E-state index is 0.130. The lowest BCUT2D eigenvalue weighted by Crippen LogP contribution is -1.93. The Morgan fingerprint density at radius 1 is 1.00 bits per heavy atom. The van der Waals surface area contributed by atoms with Crippen LogP contribution < -0.4 is 11.1 Å². The second-order valence-corrected chi connectivity index (χ2v) is 3.90. The Hall–Kier alpha value is -2.36. The van der Waals surface area contributed by atoms with Gasteiger partial charge in [0.15, 0.2) is 0 Å². The minimum atomic E-state index is 0.130. The number of aromatic hydroxyl groups is 2. The molecule has 2 rings (SSSR count). The maximum atomic E-state index is 9.65. The van der Waals surface area contributed by atoms with Gasteiger partial charge in [-0.2, -0.15) is 0 Å². The molecule has 0 aliphatic rings. The molecule has 0 bridgehead atoms. The Kier molecular flexibility index (Phi) is 2.78. The van der Waals surface area contributed by atoms with E-state index in [0.717, 1.165) is 11.3 Å². The third-order valence-corrected chi connectivity index (χ3v) is 2.50. The SMILES string of the molecule is Cc1cc(Nc2cc(N)ccc2O)ccc1O. The van der Waals surface area contributed by atoms with Gasteiger partial charge in [-0.15, -0.1) is 0 Å². The Balaban J connectivity index is 2.31. The molecule has 2 aromatic carbocycles. The third kappa shape index (κ3) is 2.42. The van der Waals surface area contributed by atoms with Crippen LogP contribution >= 0.6 is 0 Å². The number of benzene rings is 2. The molecule has 0 heterocycles. The van der Waals surface area contributed by atoms with E-state index in [9.17, 15) is 10.2 Å². The highest BCUT2D eigenvalue weighted by Gasteiger charge is 2.03. The van der Waals surface area contributed by atoms with Crippen LogP contribution in [0.15, 0.2) is 36.4 Å². The minimum Gasteiger partial charge on any atom is -0.508 e. The standard InChI is InChI=1S/C13H14N2O2/c1-8-6-10(3-5-12(8)16)15-11-7-9(14)2-4-13(11)17/h2-7,15-17H,14H2,1H3. The molecule has 0 aromatic heterocycles. The zero-order chi connectivity index (χ0) is 12.4. The van der Waals surface area contributed by atoms with Crippen molar-refractivity contribution in [1.29, 1.82) is 0 Å². The van der Waals surface area contributed by atoms with Crippen molar-refractivity contribution in [1.82, 2.24) is 0 Å². The molecule has 0 radical (unpaired) electrons. The molecule has 0 amide bonds. The lowest BCUT2D eigenvalue weighted by molar-refractivity contribution is 0.471. The summed E-state index contributed by atoms with van der Waals surface area (Å²) in [6.45, 7) is 1.81. The number of anilines is 3. The first kappa shape index (κ1) is 11.1. The van der Waals surface area contributed by atoms with E-state index in [-0.39, 0.29) is 11.5 Å². The van der Waals surface area contributed by atoms with E-state index in [4.69, 9.17) is 5.73 Å². The number of phenolic OH excluding ortho intramolecular Hbond substituents is 2. The third-order valence-electron chi connectivity index (χ3n) is 2.50. The quantitative estimate of drug-likeness (QED) is 0.363. The summed E-state index contributed by atoms with van der Waals surface area (Å²) in [5.74, 6) is 0.372. The van der Waals surface area contributed by atoms with Crippen molar-refractivity contribution in [3.05, 3.63) is 42.0 Å². The average molecular weight is 230 g/mol. The van der Waals surface area contributed by atoms with Crippen LogP contribution in [0.4, 0.5) is 17.1 Å². The molecule has 5 N–H and O–H groups in total. The normalized spacial score (nSPS) is 10.2. The zero-order valence-electron chi connectivity index (χ0n) is 9.44. The summed E-state index contributed by atoms with van der Waals surface area (Å²) in [6, 6.07) is 9.93. The Labute approximate surface area is 99.3 Å². The van der Waals surface area contributed by atoms with Crippen LogP contribution in [0.5, 0.6) is 11.5 Å². The molecule has 0 aliphatic heterocycles. The van der Waals surface area contributed by atoms with Crippen molar-refractivity contribution in [2.75, 3.05) is 11.1 Å². The predicted molar refractivity (Wildman–Crippen MR) is 68.6 cm³/mol. The van der Waals surface area contributed by atoms with Crippen LogP contribution in [0.3, 0.4) is 0 Å². The summed E-state index contributed by atoms with van der Waals surface area (Å²) < 4.78 is 0. The molecule has 0 saturated carbocycles. The van der Waals surface area contributed by atoms with Crippen molar-refractivity contribution in [3.8, 4) is 11.5 Å². The fourth-order valence-electron chi connectivity index (χ4n) is 1.54. The maximum Gasteiger partial charge on any atom is 0.139 e. The lowest BCUT2D eigenvalue weighted by atomic mass is 10.2. The van der Waals surface area contributed by atoms with E-state index < -0.39 is 0 Å². The van der Waals surface area contributed by atoms with Gasteiger partial charge in [-0.1, -0.05) is 0 Å². The number of phenols is 2. The highest BCUT2D eigenvalue weighted by atomic mass is 16.3. The molecule has 4 heteroatoms. The molecule has 0 unspecified atom stereocenters. The molecule has 17 heavy (non-hydrogen) atoms. The van der Waals surface area contributed by atoms with Gasteiger partial charge < -0.3 is 21.3 Å². The van der Waals surface area contributed by atoms with Gasteiger partial charge in [0.1, 0.15) is 11.5 Å². The smallest absolute Gasteiger partial charge is 0.139 e. The van der Waals surface area contributed by atoms with E-state index in [1.165, 1.54) is 6.07 Å². The first-order chi connectivity index (χ1) is 8.06. The van der Waals surface area contributed by atoms with Gasteiger partial charge in [-0.25, -0.2) is 0 Å². The first-order valence-electron chi connectivity index (χ1n) is 5.21. The molecular weight excluding hydrogens is 216 g/mol. The summed E-state index contributed by atoms with van der Waals surface area (Å²) in [7, 11) is 0. The number of hydrogen-bond donors (Lipinski definition) is 4. The maximum absolute atomic E-state index is 9.65. The summed E-state index contributed by atoms with van der Waals surface area (Å²) in [4.78, 5) is 0. The number of rotatable bonds is 2. The van der Waals surface area contributed by atoms with E-state index in [2.05, 4.69) is 5.32 Å². The van der Waals surface area contributed by atoms with E-state index in [1.54, 1.807) is 37.3 Å². The average Bonchev–Trinajstić information content (AvgIpc) is 2.29. The number of aryl methyl sites for hydroxylation is 1. The monoisotopic (exact) mass is 230 g/mol. The summed E-state index contributed by atoms with van der Waals surface area (Å²) >= 11 is 0. The van der Waals surface area contributed by atoms with Crippen LogP contribution in [0.1, 0.15) is 5.56 Å². The second kappa shape index (κ2) is 4.25. The van der Waals surface area contributed by atoms with Gasteiger partial charge in [-0.3, -0.25) is 0 Å². The van der Waals surface area contributed by atoms with Gasteiger partial charge in [0.05, 0.1) is 5.69 Å². The van der Waals surface area contributed by atoms with Crippen molar-refractivity contribution in [2.45, 2.75) is 6.92 Å². The van der Waals surface area contributed by atoms with Gasteiger partial charge in [0, 0.05) is 11.4 Å². The van der Waals surface area contributed by atoms with Crippen LogP contribution in [0.2, 0.25) is 0 Å². The van der Waals surface area contributed by atoms with Gasteiger partial charge in [0.25, 0.3) is 0 Å². The number of hydrogen-bond acceptors (Lipinski definition) is 4. The topological polar surface area (TPSA) is 78.5 Å². The summed E-state index contributed by atoms with van der Waals surface area (Å²) in [5.41, 5.74) is 8.29. The van der Waals surface area contributed by atoms with Crippen molar-refractivity contribution in [2.24, 2.45) is 0 Å². The second-order valence-electron chi connectivity index (χ2n) is 3.90. The molecule has 0 aliphatic carbocycles. The molecule has 2 aromatic rings. The fourth-order valence-corrected chi connectivity index (χ4v) is 1.54. The van der Waals surface area contributed by atoms with E-state index in [0.29, 0.717) is 11.4 Å². The van der Waals surface area contributed by atoms with E-state index >= 15 is 0 Å². The molecule has 88 valence electrons. The first-order valence-corrected chi connectivity index (χ1v) is 5.21. The van der Waals surface area contributed by atoms with Crippen molar-refractivity contribution >= 4 is 17.1 Å². The summed E-state index contributed by atoms with van der Waals surface area (Å²) in [6.07, 6.45) is 0. The molecule has 0 saturated heterocycles. The van der Waals surface area contributed by atoms with Crippen molar-refractivity contribution in [3.63, 3.8) is 0 Å². The summed E-state index contributed by atoms with van der Waals surface area (Å²) in [5, 5.41) is 22.1. The number of nitrogen functional groups attached to an aromatic ring is 1. The molecule has 4 nitrogen and oxygen atoms in total. The molecule has 0 atom stereocenters. The fraction of sp³-hybridized carbons (Fsp3) is 0.0769. The van der Waals surface area contributed by atoms with Crippen LogP contribution in [0.25, 0.3) is 0 Å². The lowest BCUT2D eigenvalue weighted by Gasteiger charge is -2.10. The number of nitrogens with two attached hydrogens (primary N) is 1. The molecule has 0 spiro atoms.